The molecule has 0 aromatic heterocycles. The third kappa shape index (κ3) is 4.27. The van der Waals surface area contributed by atoms with E-state index in [0.29, 0.717) is 6.42 Å². The number of benzene rings is 1. The van der Waals surface area contributed by atoms with Crippen LogP contribution in [0.2, 0.25) is 0 Å². The van der Waals surface area contributed by atoms with E-state index < -0.39 is 0 Å². The van der Waals surface area contributed by atoms with Crippen LogP contribution in [0.25, 0.3) is 0 Å². The number of amides is 1. The molecule has 19 heavy (non-hydrogen) atoms. The highest BCUT2D eigenvalue weighted by Gasteiger charge is 2.24. The van der Waals surface area contributed by atoms with Crippen molar-refractivity contribution >= 4 is 5.91 Å². The van der Waals surface area contributed by atoms with Crippen molar-refractivity contribution in [3.8, 4) is 5.75 Å². The molecule has 3 nitrogen and oxygen atoms in total. The number of nitrogens with zero attached hydrogens (tertiary/aromatic N) is 1. The number of carbonyl (C=O) groups excluding carboxylic acids is 1. The topological polar surface area (TPSA) is 29.5 Å². The van der Waals surface area contributed by atoms with Crippen LogP contribution in [0.4, 0.5) is 0 Å². The number of hydrogen-bond acceptors (Lipinski definition) is 2. The Bertz CT molecular complexity index is 391. The van der Waals surface area contributed by atoms with E-state index in [-0.39, 0.29) is 12.0 Å². The van der Waals surface area contributed by atoms with E-state index in [2.05, 4.69) is 6.92 Å². The highest BCUT2D eigenvalue weighted by Crippen LogP contribution is 2.18. The molecule has 104 valence electrons. The van der Waals surface area contributed by atoms with Crippen molar-refractivity contribution in [3.05, 3.63) is 30.3 Å². The Balaban J connectivity index is 1.85. The summed E-state index contributed by atoms with van der Waals surface area (Å²) in [5.41, 5.74) is 0. The van der Waals surface area contributed by atoms with Gasteiger partial charge in [-0.3, -0.25) is 4.79 Å². The molecule has 1 amide bonds. The standard InChI is InChI=1S/C16H23NO2/c1-2-3-11-16(18)17-12-7-10-15(13-17)19-14-8-5-4-6-9-14/h4-6,8-9,15H,2-3,7,10-13H2,1H3. The molecule has 0 N–H and O–H groups in total. The molecule has 0 radical (unpaired) electrons. The minimum absolute atomic E-state index is 0.140. The molecule has 0 bridgehead atoms. The Hall–Kier alpha value is -1.51. The van der Waals surface area contributed by atoms with Crippen LogP contribution >= 0.6 is 0 Å². The highest BCUT2D eigenvalue weighted by atomic mass is 16.5. The van der Waals surface area contributed by atoms with Crippen LogP contribution < -0.4 is 4.74 Å². The Morgan fingerprint density at radius 2 is 2.16 bits per heavy atom. The van der Waals surface area contributed by atoms with E-state index in [1.807, 2.05) is 35.2 Å². The summed E-state index contributed by atoms with van der Waals surface area (Å²) in [5, 5.41) is 0. The third-order valence-corrected chi connectivity index (χ3v) is 3.52. The fourth-order valence-corrected chi connectivity index (χ4v) is 2.44. The van der Waals surface area contributed by atoms with Gasteiger partial charge in [-0.2, -0.15) is 0 Å². The van der Waals surface area contributed by atoms with Gasteiger partial charge in [-0.1, -0.05) is 31.5 Å². The molecular formula is C16H23NO2. The predicted molar refractivity (Wildman–Crippen MR) is 76.2 cm³/mol. The van der Waals surface area contributed by atoms with E-state index in [4.69, 9.17) is 4.74 Å². The number of hydrogen-bond donors (Lipinski definition) is 0. The summed E-state index contributed by atoms with van der Waals surface area (Å²) >= 11 is 0. The molecule has 1 aromatic carbocycles. The molecule has 0 aliphatic carbocycles. The van der Waals surface area contributed by atoms with Gasteiger partial charge in [-0.25, -0.2) is 0 Å². The van der Waals surface area contributed by atoms with Crippen molar-refractivity contribution < 1.29 is 9.53 Å². The van der Waals surface area contributed by atoms with E-state index in [1.165, 1.54) is 0 Å². The van der Waals surface area contributed by atoms with Gasteiger partial charge >= 0.3 is 0 Å². The van der Waals surface area contributed by atoms with E-state index in [0.717, 1.165) is 44.5 Å². The Labute approximate surface area is 115 Å². The van der Waals surface area contributed by atoms with Gasteiger partial charge in [0, 0.05) is 13.0 Å². The van der Waals surface area contributed by atoms with E-state index in [9.17, 15) is 4.79 Å². The minimum Gasteiger partial charge on any atom is -0.489 e. The Morgan fingerprint density at radius 1 is 1.37 bits per heavy atom. The van der Waals surface area contributed by atoms with Crippen LogP contribution in [0.15, 0.2) is 30.3 Å². The fourth-order valence-electron chi connectivity index (χ4n) is 2.44. The first kappa shape index (κ1) is 13.9. The third-order valence-electron chi connectivity index (χ3n) is 3.52. The average molecular weight is 261 g/mol. The van der Waals surface area contributed by atoms with Gasteiger partial charge in [0.2, 0.25) is 5.91 Å². The molecule has 1 aliphatic rings. The molecule has 1 fully saturated rings. The summed E-state index contributed by atoms with van der Waals surface area (Å²) in [6, 6.07) is 9.87. The van der Waals surface area contributed by atoms with Gasteiger partial charge in [0.15, 0.2) is 0 Å². The van der Waals surface area contributed by atoms with Gasteiger partial charge in [0.25, 0.3) is 0 Å². The molecule has 1 aliphatic heterocycles. The zero-order valence-electron chi connectivity index (χ0n) is 11.7. The van der Waals surface area contributed by atoms with E-state index >= 15 is 0 Å². The summed E-state index contributed by atoms with van der Waals surface area (Å²) in [7, 11) is 0. The van der Waals surface area contributed by atoms with E-state index in [1.54, 1.807) is 0 Å². The van der Waals surface area contributed by atoms with Crippen molar-refractivity contribution in [2.45, 2.75) is 45.1 Å². The summed E-state index contributed by atoms with van der Waals surface area (Å²) in [5.74, 6) is 1.18. The lowest BCUT2D eigenvalue weighted by molar-refractivity contribution is -0.133. The maximum absolute atomic E-state index is 12.0. The van der Waals surface area contributed by atoms with Crippen LogP contribution in [0, 0.1) is 0 Å². The lowest BCUT2D eigenvalue weighted by Gasteiger charge is -2.33. The second kappa shape index (κ2) is 7.17. The molecule has 1 saturated heterocycles. The number of unbranched alkanes of at least 4 members (excludes halogenated alkanes) is 1. The summed E-state index contributed by atoms with van der Waals surface area (Å²) in [6.07, 6.45) is 4.95. The summed E-state index contributed by atoms with van der Waals surface area (Å²) < 4.78 is 5.95. The SMILES string of the molecule is CCCCC(=O)N1CCCC(Oc2ccccc2)C1. The second-order valence-electron chi connectivity index (χ2n) is 5.14. The van der Waals surface area contributed by atoms with Crippen molar-refractivity contribution in [1.29, 1.82) is 0 Å². The van der Waals surface area contributed by atoms with Gasteiger partial charge in [-0.15, -0.1) is 0 Å². The number of piperidine rings is 1. The zero-order chi connectivity index (χ0) is 13.5. The highest BCUT2D eigenvalue weighted by molar-refractivity contribution is 5.76. The van der Waals surface area contributed by atoms with Gasteiger partial charge < -0.3 is 9.64 Å². The predicted octanol–water partition coefficient (Wildman–Crippen LogP) is 3.25. The maximum atomic E-state index is 12.0. The van der Waals surface area contributed by atoms with Crippen molar-refractivity contribution in [2.24, 2.45) is 0 Å². The summed E-state index contributed by atoms with van der Waals surface area (Å²) in [6.45, 7) is 3.74. The van der Waals surface area contributed by atoms with Crippen LogP contribution in [-0.2, 0) is 4.79 Å². The van der Waals surface area contributed by atoms with Gasteiger partial charge in [-0.05, 0) is 31.4 Å². The lowest BCUT2D eigenvalue weighted by atomic mass is 10.1. The molecule has 0 saturated carbocycles. The van der Waals surface area contributed by atoms with Gasteiger partial charge in [0.05, 0.1) is 6.54 Å². The molecule has 1 heterocycles. The van der Waals surface area contributed by atoms with Gasteiger partial charge in [0.1, 0.15) is 11.9 Å². The number of ether oxygens (including phenoxy) is 1. The monoisotopic (exact) mass is 261 g/mol. The largest absolute Gasteiger partial charge is 0.489 e. The molecule has 1 unspecified atom stereocenters. The quantitative estimate of drug-likeness (QED) is 0.814. The molecule has 2 rings (SSSR count). The molecular weight excluding hydrogens is 238 g/mol. The lowest BCUT2D eigenvalue weighted by Crippen LogP contribution is -2.44. The fraction of sp³-hybridized carbons (Fsp3) is 0.562. The van der Waals surface area contributed by atoms with Crippen molar-refractivity contribution in [2.75, 3.05) is 13.1 Å². The molecule has 3 heteroatoms. The smallest absolute Gasteiger partial charge is 0.222 e. The maximum Gasteiger partial charge on any atom is 0.222 e. The molecule has 1 atom stereocenters. The average Bonchev–Trinajstić information content (AvgIpc) is 2.46. The normalized spacial score (nSPS) is 19.2. The first-order chi connectivity index (χ1) is 9.29. The molecule has 1 aromatic rings. The Kier molecular flexibility index (Phi) is 5.25. The summed E-state index contributed by atoms with van der Waals surface area (Å²) in [4.78, 5) is 14.0. The minimum atomic E-state index is 0.140. The number of para-hydroxylation sites is 1. The second-order valence-corrected chi connectivity index (χ2v) is 5.14. The van der Waals surface area contributed by atoms with Crippen LogP contribution in [0.1, 0.15) is 39.0 Å². The van der Waals surface area contributed by atoms with Crippen LogP contribution in [-0.4, -0.2) is 30.0 Å². The van der Waals surface area contributed by atoms with Crippen LogP contribution in [0.5, 0.6) is 5.75 Å². The number of likely N-dealkylation sites (tertiary alicyclic amines) is 1. The zero-order valence-corrected chi connectivity index (χ0v) is 11.7. The first-order valence-electron chi connectivity index (χ1n) is 7.29. The molecule has 0 spiro atoms. The number of carbonyl (C=O) groups is 1. The number of rotatable bonds is 5. The van der Waals surface area contributed by atoms with Crippen LogP contribution in [0.3, 0.4) is 0 Å². The van der Waals surface area contributed by atoms with Crippen molar-refractivity contribution in [1.82, 2.24) is 4.90 Å². The first-order valence-corrected chi connectivity index (χ1v) is 7.29. The Morgan fingerprint density at radius 3 is 2.89 bits per heavy atom. The van der Waals surface area contributed by atoms with Crippen molar-refractivity contribution in [3.63, 3.8) is 0 Å².